The molecule has 2 heteroatoms. The van der Waals surface area contributed by atoms with E-state index in [4.69, 9.17) is 10.5 Å². The van der Waals surface area contributed by atoms with E-state index in [0.717, 1.165) is 19.3 Å². The van der Waals surface area contributed by atoms with E-state index in [-0.39, 0.29) is 11.6 Å². The van der Waals surface area contributed by atoms with Crippen molar-refractivity contribution in [2.75, 3.05) is 7.11 Å². The van der Waals surface area contributed by atoms with Gasteiger partial charge in [0.1, 0.15) is 0 Å². The Labute approximate surface area is 82.2 Å². The van der Waals surface area contributed by atoms with Gasteiger partial charge in [-0.05, 0) is 33.1 Å². The number of hydrogen-bond donors (Lipinski definition) is 1. The summed E-state index contributed by atoms with van der Waals surface area (Å²) in [6, 6.07) is 0.0965. The summed E-state index contributed by atoms with van der Waals surface area (Å²) in [5, 5.41) is 0. The van der Waals surface area contributed by atoms with Crippen molar-refractivity contribution in [1.82, 2.24) is 0 Å². The standard InChI is InChI=1S/C11H23NO/c1-6-11(4,13-5)10(12)8-7-9(2)3/h10H,2,6-8,12H2,1,3-5H3. The van der Waals surface area contributed by atoms with Gasteiger partial charge in [0.15, 0.2) is 0 Å². The minimum Gasteiger partial charge on any atom is -0.377 e. The molecule has 0 rings (SSSR count). The summed E-state index contributed by atoms with van der Waals surface area (Å²) >= 11 is 0. The second-order valence-electron chi connectivity index (χ2n) is 3.97. The van der Waals surface area contributed by atoms with Gasteiger partial charge in [0, 0.05) is 13.2 Å². The molecule has 13 heavy (non-hydrogen) atoms. The zero-order valence-electron chi connectivity index (χ0n) is 9.39. The van der Waals surface area contributed by atoms with Crippen LogP contribution in [0.15, 0.2) is 12.2 Å². The molecule has 2 N–H and O–H groups in total. The Hall–Kier alpha value is -0.340. The predicted molar refractivity (Wildman–Crippen MR) is 57.7 cm³/mol. The summed E-state index contributed by atoms with van der Waals surface area (Å²) in [5.41, 5.74) is 7.06. The van der Waals surface area contributed by atoms with E-state index in [2.05, 4.69) is 20.4 Å². The molecular formula is C11H23NO. The van der Waals surface area contributed by atoms with Crippen LogP contribution in [0.1, 0.15) is 40.0 Å². The fourth-order valence-corrected chi connectivity index (χ4v) is 1.27. The highest BCUT2D eigenvalue weighted by molar-refractivity contribution is 4.93. The first kappa shape index (κ1) is 12.7. The maximum absolute atomic E-state index is 6.06. The van der Waals surface area contributed by atoms with E-state index in [1.807, 2.05) is 6.92 Å². The zero-order valence-corrected chi connectivity index (χ0v) is 9.39. The molecule has 0 fully saturated rings. The number of methoxy groups -OCH3 is 1. The van der Waals surface area contributed by atoms with Crippen LogP contribution in [-0.4, -0.2) is 18.8 Å². The summed E-state index contributed by atoms with van der Waals surface area (Å²) in [6.45, 7) is 10.1. The molecule has 2 unspecified atom stereocenters. The highest BCUT2D eigenvalue weighted by Crippen LogP contribution is 2.21. The normalized spacial score (nSPS) is 17.9. The first-order valence-corrected chi connectivity index (χ1v) is 4.91. The van der Waals surface area contributed by atoms with Crippen LogP contribution in [0.3, 0.4) is 0 Å². The lowest BCUT2D eigenvalue weighted by Gasteiger charge is -2.33. The Morgan fingerprint density at radius 1 is 1.62 bits per heavy atom. The molecule has 0 aromatic heterocycles. The lowest BCUT2D eigenvalue weighted by atomic mass is 9.89. The Kier molecular flexibility index (Phi) is 5.26. The molecule has 0 aliphatic rings. The number of allylic oxidation sites excluding steroid dienone is 1. The van der Waals surface area contributed by atoms with Gasteiger partial charge in [-0.1, -0.05) is 12.5 Å². The highest BCUT2D eigenvalue weighted by Gasteiger charge is 2.28. The lowest BCUT2D eigenvalue weighted by molar-refractivity contribution is -0.0204. The maximum atomic E-state index is 6.06. The van der Waals surface area contributed by atoms with Crippen LogP contribution in [0.25, 0.3) is 0 Å². The monoisotopic (exact) mass is 185 g/mol. The number of ether oxygens (including phenoxy) is 1. The lowest BCUT2D eigenvalue weighted by Crippen LogP contribution is -2.46. The molecule has 0 heterocycles. The van der Waals surface area contributed by atoms with Gasteiger partial charge in [0.2, 0.25) is 0 Å². The van der Waals surface area contributed by atoms with E-state index in [1.54, 1.807) is 7.11 Å². The first-order valence-electron chi connectivity index (χ1n) is 4.91. The fourth-order valence-electron chi connectivity index (χ4n) is 1.27. The van der Waals surface area contributed by atoms with Crippen molar-refractivity contribution >= 4 is 0 Å². The molecule has 0 amide bonds. The van der Waals surface area contributed by atoms with Crippen molar-refractivity contribution in [3.05, 3.63) is 12.2 Å². The summed E-state index contributed by atoms with van der Waals surface area (Å²) in [6.07, 6.45) is 2.88. The largest absolute Gasteiger partial charge is 0.377 e. The van der Waals surface area contributed by atoms with Gasteiger partial charge in [-0.15, -0.1) is 6.58 Å². The SMILES string of the molecule is C=C(C)CCC(N)C(C)(CC)OC. The molecule has 0 aliphatic heterocycles. The molecule has 0 aromatic carbocycles. The smallest absolute Gasteiger partial charge is 0.0798 e. The Bertz CT molecular complexity index is 161. The number of nitrogens with two attached hydrogens (primary N) is 1. The van der Waals surface area contributed by atoms with Crippen molar-refractivity contribution in [1.29, 1.82) is 0 Å². The van der Waals surface area contributed by atoms with Crippen LogP contribution in [-0.2, 0) is 4.74 Å². The van der Waals surface area contributed by atoms with Crippen LogP contribution in [0.5, 0.6) is 0 Å². The second kappa shape index (κ2) is 5.40. The van der Waals surface area contributed by atoms with Crippen LogP contribution in [0, 0.1) is 0 Å². The second-order valence-corrected chi connectivity index (χ2v) is 3.97. The van der Waals surface area contributed by atoms with Crippen molar-refractivity contribution in [3.63, 3.8) is 0 Å². The molecule has 0 saturated carbocycles. The highest BCUT2D eigenvalue weighted by atomic mass is 16.5. The Morgan fingerprint density at radius 3 is 2.46 bits per heavy atom. The van der Waals surface area contributed by atoms with E-state index < -0.39 is 0 Å². The van der Waals surface area contributed by atoms with Crippen LogP contribution in [0.2, 0.25) is 0 Å². The molecule has 78 valence electrons. The van der Waals surface area contributed by atoms with Gasteiger partial charge in [-0.25, -0.2) is 0 Å². The van der Waals surface area contributed by atoms with Crippen LogP contribution < -0.4 is 5.73 Å². The third kappa shape index (κ3) is 3.92. The minimum absolute atomic E-state index is 0.0965. The summed E-state index contributed by atoms with van der Waals surface area (Å²) in [7, 11) is 1.73. The van der Waals surface area contributed by atoms with Gasteiger partial charge in [0.25, 0.3) is 0 Å². The van der Waals surface area contributed by atoms with Gasteiger partial charge in [-0.2, -0.15) is 0 Å². The Balaban J connectivity index is 4.06. The van der Waals surface area contributed by atoms with Gasteiger partial charge >= 0.3 is 0 Å². The third-order valence-electron chi connectivity index (χ3n) is 2.83. The van der Waals surface area contributed by atoms with Crippen LogP contribution in [0.4, 0.5) is 0 Å². The molecule has 2 nitrogen and oxygen atoms in total. The molecule has 0 saturated heterocycles. The fraction of sp³-hybridized carbons (Fsp3) is 0.818. The quantitative estimate of drug-likeness (QED) is 0.645. The summed E-state index contributed by atoms with van der Waals surface area (Å²) < 4.78 is 5.43. The van der Waals surface area contributed by atoms with E-state index in [9.17, 15) is 0 Å². The molecule has 0 radical (unpaired) electrons. The average Bonchev–Trinajstić information content (AvgIpc) is 2.12. The molecule has 0 spiro atoms. The predicted octanol–water partition coefficient (Wildman–Crippen LogP) is 2.49. The van der Waals surface area contributed by atoms with E-state index >= 15 is 0 Å². The van der Waals surface area contributed by atoms with Crippen molar-refractivity contribution in [2.45, 2.75) is 51.7 Å². The van der Waals surface area contributed by atoms with Crippen molar-refractivity contribution in [2.24, 2.45) is 5.73 Å². The van der Waals surface area contributed by atoms with Crippen LogP contribution >= 0.6 is 0 Å². The molecule has 0 bridgehead atoms. The first-order chi connectivity index (χ1) is 5.96. The summed E-state index contributed by atoms with van der Waals surface area (Å²) in [5.74, 6) is 0. The molecule has 0 aliphatic carbocycles. The molecule has 2 atom stereocenters. The van der Waals surface area contributed by atoms with Gasteiger partial charge in [-0.3, -0.25) is 0 Å². The molecular weight excluding hydrogens is 162 g/mol. The maximum Gasteiger partial charge on any atom is 0.0798 e. The Morgan fingerprint density at radius 2 is 2.15 bits per heavy atom. The average molecular weight is 185 g/mol. The third-order valence-corrected chi connectivity index (χ3v) is 2.83. The van der Waals surface area contributed by atoms with E-state index in [0.29, 0.717) is 0 Å². The van der Waals surface area contributed by atoms with Crippen molar-refractivity contribution < 1.29 is 4.74 Å². The van der Waals surface area contributed by atoms with Gasteiger partial charge in [0.05, 0.1) is 5.60 Å². The number of hydrogen-bond acceptors (Lipinski definition) is 2. The van der Waals surface area contributed by atoms with E-state index in [1.165, 1.54) is 5.57 Å². The summed E-state index contributed by atoms with van der Waals surface area (Å²) in [4.78, 5) is 0. The minimum atomic E-state index is -0.185. The van der Waals surface area contributed by atoms with Gasteiger partial charge < -0.3 is 10.5 Å². The number of rotatable bonds is 6. The van der Waals surface area contributed by atoms with Crippen molar-refractivity contribution in [3.8, 4) is 0 Å². The zero-order chi connectivity index (χ0) is 10.5. The molecule has 0 aromatic rings. The topological polar surface area (TPSA) is 35.2 Å².